The molecule has 0 fully saturated rings. The number of rotatable bonds is 6. The van der Waals surface area contributed by atoms with Gasteiger partial charge in [-0.1, -0.05) is 13.3 Å². The predicted molar refractivity (Wildman–Crippen MR) is 64.0 cm³/mol. The number of aryl methyl sites for hydroxylation is 1. The Kier molecular flexibility index (Phi) is 3.83. The summed E-state index contributed by atoms with van der Waals surface area (Å²) in [5.74, 6) is 0.973. The zero-order chi connectivity index (χ0) is 11.2. The van der Waals surface area contributed by atoms with Gasteiger partial charge in [0.25, 0.3) is 0 Å². The van der Waals surface area contributed by atoms with Gasteiger partial charge < -0.3 is 14.7 Å². The number of aromatic nitrogens is 1. The van der Waals surface area contributed by atoms with Gasteiger partial charge >= 0.3 is 0 Å². The van der Waals surface area contributed by atoms with Crippen molar-refractivity contribution in [1.82, 2.24) is 10.3 Å². The van der Waals surface area contributed by atoms with Crippen LogP contribution >= 0.6 is 0 Å². The van der Waals surface area contributed by atoms with Crippen molar-refractivity contribution in [1.29, 1.82) is 0 Å². The molecule has 0 bridgehead atoms. The van der Waals surface area contributed by atoms with Gasteiger partial charge in [-0.05, 0) is 30.7 Å². The lowest BCUT2D eigenvalue weighted by Crippen LogP contribution is -2.12. The molecule has 0 radical (unpaired) electrons. The van der Waals surface area contributed by atoms with E-state index in [1.54, 1.807) is 6.26 Å². The lowest BCUT2D eigenvalue weighted by atomic mass is 10.3. The standard InChI is InChI=1S/C13H18N2O/c1-2-4-11-6-7-12(15-11)9-14-10-13-5-3-8-16-13/h3,5-8,14-15H,2,4,9-10H2,1H3. The molecule has 0 unspecified atom stereocenters. The van der Waals surface area contributed by atoms with E-state index < -0.39 is 0 Å². The van der Waals surface area contributed by atoms with Gasteiger partial charge in [0, 0.05) is 17.9 Å². The predicted octanol–water partition coefficient (Wildman–Crippen LogP) is 2.85. The van der Waals surface area contributed by atoms with Crippen LogP contribution in [0.15, 0.2) is 34.9 Å². The van der Waals surface area contributed by atoms with Crippen molar-refractivity contribution in [2.75, 3.05) is 0 Å². The Morgan fingerprint density at radius 1 is 1.19 bits per heavy atom. The van der Waals surface area contributed by atoms with E-state index in [0.717, 1.165) is 25.3 Å². The first kappa shape index (κ1) is 11.0. The molecule has 0 aromatic carbocycles. The van der Waals surface area contributed by atoms with Gasteiger partial charge in [0.1, 0.15) is 5.76 Å². The van der Waals surface area contributed by atoms with Gasteiger partial charge in [-0.3, -0.25) is 0 Å². The number of nitrogens with one attached hydrogen (secondary N) is 2. The van der Waals surface area contributed by atoms with E-state index in [9.17, 15) is 0 Å². The Bertz CT molecular complexity index is 403. The zero-order valence-electron chi connectivity index (χ0n) is 9.62. The molecule has 0 aliphatic carbocycles. The summed E-state index contributed by atoms with van der Waals surface area (Å²) >= 11 is 0. The molecule has 3 nitrogen and oxygen atoms in total. The van der Waals surface area contributed by atoms with E-state index in [1.807, 2.05) is 12.1 Å². The fraction of sp³-hybridized carbons (Fsp3) is 0.385. The van der Waals surface area contributed by atoms with Gasteiger partial charge in [-0.2, -0.15) is 0 Å². The fourth-order valence-electron chi connectivity index (χ4n) is 1.74. The summed E-state index contributed by atoms with van der Waals surface area (Å²) in [7, 11) is 0. The van der Waals surface area contributed by atoms with Crippen molar-refractivity contribution in [3.8, 4) is 0 Å². The molecule has 3 heteroatoms. The first-order valence-electron chi connectivity index (χ1n) is 5.78. The molecule has 2 heterocycles. The van der Waals surface area contributed by atoms with Crippen molar-refractivity contribution in [2.45, 2.75) is 32.9 Å². The SMILES string of the molecule is CCCc1ccc(CNCc2ccco2)[nH]1. The van der Waals surface area contributed by atoms with E-state index in [4.69, 9.17) is 4.42 Å². The van der Waals surface area contributed by atoms with Crippen LogP contribution in [-0.2, 0) is 19.5 Å². The van der Waals surface area contributed by atoms with E-state index in [0.29, 0.717) is 0 Å². The zero-order valence-corrected chi connectivity index (χ0v) is 9.62. The van der Waals surface area contributed by atoms with Crippen LogP contribution in [0, 0.1) is 0 Å². The van der Waals surface area contributed by atoms with Crippen LogP contribution in [0.3, 0.4) is 0 Å². The molecule has 0 saturated heterocycles. The second-order valence-corrected chi connectivity index (χ2v) is 3.94. The molecule has 0 saturated carbocycles. The van der Waals surface area contributed by atoms with Crippen molar-refractivity contribution >= 4 is 0 Å². The maximum Gasteiger partial charge on any atom is 0.117 e. The van der Waals surface area contributed by atoms with Gasteiger partial charge in [0.15, 0.2) is 0 Å². The third-order valence-corrected chi connectivity index (χ3v) is 2.52. The quantitative estimate of drug-likeness (QED) is 0.782. The largest absolute Gasteiger partial charge is 0.468 e. The van der Waals surface area contributed by atoms with Gasteiger partial charge in [-0.15, -0.1) is 0 Å². The number of H-pyrrole nitrogens is 1. The number of hydrogen-bond donors (Lipinski definition) is 2. The molecule has 0 spiro atoms. The molecule has 0 aliphatic heterocycles. The van der Waals surface area contributed by atoms with Crippen molar-refractivity contribution < 1.29 is 4.42 Å². The molecule has 2 aromatic heterocycles. The Morgan fingerprint density at radius 3 is 2.81 bits per heavy atom. The van der Waals surface area contributed by atoms with Gasteiger partial charge in [0.05, 0.1) is 12.8 Å². The van der Waals surface area contributed by atoms with E-state index in [2.05, 4.69) is 29.4 Å². The Labute approximate surface area is 95.9 Å². The van der Waals surface area contributed by atoms with Crippen molar-refractivity contribution in [3.63, 3.8) is 0 Å². The maximum atomic E-state index is 5.24. The average Bonchev–Trinajstić information content (AvgIpc) is 2.90. The van der Waals surface area contributed by atoms with Crippen molar-refractivity contribution in [2.24, 2.45) is 0 Å². The van der Waals surface area contributed by atoms with E-state index in [-0.39, 0.29) is 0 Å². The number of aromatic amines is 1. The molecular formula is C13H18N2O. The smallest absolute Gasteiger partial charge is 0.117 e. The average molecular weight is 218 g/mol. The topological polar surface area (TPSA) is 41.0 Å². The first-order valence-corrected chi connectivity index (χ1v) is 5.78. The molecular weight excluding hydrogens is 200 g/mol. The lowest BCUT2D eigenvalue weighted by molar-refractivity contribution is 0.482. The summed E-state index contributed by atoms with van der Waals surface area (Å²) in [6, 6.07) is 8.18. The third kappa shape index (κ3) is 3.00. The first-order chi connectivity index (χ1) is 7.88. The highest BCUT2D eigenvalue weighted by Gasteiger charge is 1.99. The van der Waals surface area contributed by atoms with Crippen LogP contribution in [0.4, 0.5) is 0 Å². The Balaban J connectivity index is 1.76. The molecule has 86 valence electrons. The monoisotopic (exact) mass is 218 g/mol. The van der Waals surface area contributed by atoms with Crippen LogP contribution in [0.5, 0.6) is 0 Å². The van der Waals surface area contributed by atoms with Crippen LogP contribution in [0.2, 0.25) is 0 Å². The highest BCUT2D eigenvalue weighted by molar-refractivity contribution is 5.13. The molecule has 2 N–H and O–H groups in total. The summed E-state index contributed by atoms with van der Waals surface area (Å²) in [4.78, 5) is 3.40. The minimum atomic E-state index is 0.773. The summed E-state index contributed by atoms with van der Waals surface area (Å²) in [5.41, 5.74) is 2.55. The summed E-state index contributed by atoms with van der Waals surface area (Å²) < 4.78 is 5.24. The molecule has 0 amide bonds. The second-order valence-electron chi connectivity index (χ2n) is 3.94. The minimum absolute atomic E-state index is 0.773. The molecule has 2 rings (SSSR count). The van der Waals surface area contributed by atoms with E-state index in [1.165, 1.54) is 17.8 Å². The van der Waals surface area contributed by atoms with Crippen LogP contribution in [-0.4, -0.2) is 4.98 Å². The number of furan rings is 1. The Hall–Kier alpha value is -1.48. The highest BCUT2D eigenvalue weighted by atomic mass is 16.3. The highest BCUT2D eigenvalue weighted by Crippen LogP contribution is 2.05. The van der Waals surface area contributed by atoms with Crippen LogP contribution in [0.25, 0.3) is 0 Å². The Morgan fingerprint density at radius 2 is 2.06 bits per heavy atom. The normalized spacial score (nSPS) is 10.8. The van der Waals surface area contributed by atoms with Crippen LogP contribution in [0.1, 0.15) is 30.5 Å². The lowest BCUT2D eigenvalue weighted by Gasteiger charge is -2.00. The van der Waals surface area contributed by atoms with Gasteiger partial charge in [-0.25, -0.2) is 0 Å². The second kappa shape index (κ2) is 5.56. The summed E-state index contributed by atoms with van der Waals surface area (Å²) in [6.45, 7) is 3.81. The maximum absolute atomic E-state index is 5.24. The molecule has 2 aromatic rings. The minimum Gasteiger partial charge on any atom is -0.468 e. The van der Waals surface area contributed by atoms with E-state index >= 15 is 0 Å². The summed E-state index contributed by atoms with van der Waals surface area (Å²) in [6.07, 6.45) is 4.00. The van der Waals surface area contributed by atoms with Crippen molar-refractivity contribution in [3.05, 3.63) is 47.7 Å². The number of hydrogen-bond acceptors (Lipinski definition) is 2. The molecule has 0 aliphatic rings. The van der Waals surface area contributed by atoms with Gasteiger partial charge in [0.2, 0.25) is 0 Å². The molecule has 16 heavy (non-hydrogen) atoms. The fourth-order valence-corrected chi connectivity index (χ4v) is 1.74. The molecule has 0 atom stereocenters. The third-order valence-electron chi connectivity index (χ3n) is 2.52. The summed E-state index contributed by atoms with van der Waals surface area (Å²) in [5, 5.41) is 3.33. The van der Waals surface area contributed by atoms with Crippen LogP contribution < -0.4 is 5.32 Å².